The second kappa shape index (κ2) is 5.46. The van der Waals surface area contributed by atoms with Gasteiger partial charge in [-0.25, -0.2) is 8.42 Å². The maximum absolute atomic E-state index is 11.7. The van der Waals surface area contributed by atoms with Crippen molar-refractivity contribution in [1.82, 2.24) is 0 Å². The fraction of sp³-hybridized carbons (Fsp3) is 0.364. The Morgan fingerprint density at radius 3 is 2.65 bits per heavy atom. The van der Waals surface area contributed by atoms with Crippen LogP contribution in [0.3, 0.4) is 0 Å². The minimum Gasteiger partial charge on any atom is -0.389 e. The van der Waals surface area contributed by atoms with Crippen LogP contribution in [0.4, 0.5) is 5.69 Å². The van der Waals surface area contributed by atoms with Crippen molar-refractivity contribution in [2.24, 2.45) is 5.73 Å². The van der Waals surface area contributed by atoms with Crippen molar-refractivity contribution in [3.05, 3.63) is 29.3 Å². The first-order valence-corrected chi connectivity index (χ1v) is 7.32. The summed E-state index contributed by atoms with van der Waals surface area (Å²) in [7, 11) is -3.28. The molecule has 0 saturated carbocycles. The van der Waals surface area contributed by atoms with Gasteiger partial charge < -0.3 is 5.73 Å². The van der Waals surface area contributed by atoms with E-state index in [4.69, 9.17) is 18.0 Å². The van der Waals surface area contributed by atoms with Gasteiger partial charge in [-0.15, -0.1) is 0 Å². The van der Waals surface area contributed by atoms with Gasteiger partial charge >= 0.3 is 0 Å². The van der Waals surface area contributed by atoms with Crippen molar-refractivity contribution >= 4 is 32.9 Å². The normalized spacial score (nSPS) is 11.2. The van der Waals surface area contributed by atoms with Crippen LogP contribution in [0.5, 0.6) is 0 Å². The topological polar surface area (TPSA) is 72.2 Å². The third-order valence-corrected chi connectivity index (χ3v) is 3.97. The van der Waals surface area contributed by atoms with E-state index in [1.807, 2.05) is 13.8 Å². The van der Waals surface area contributed by atoms with Gasteiger partial charge in [0.25, 0.3) is 0 Å². The van der Waals surface area contributed by atoms with Gasteiger partial charge in [0.2, 0.25) is 10.0 Å². The van der Waals surface area contributed by atoms with E-state index >= 15 is 0 Å². The van der Waals surface area contributed by atoms with E-state index in [0.717, 1.165) is 5.56 Å². The van der Waals surface area contributed by atoms with Gasteiger partial charge in [-0.1, -0.05) is 31.3 Å². The molecule has 0 saturated heterocycles. The van der Waals surface area contributed by atoms with Crippen molar-refractivity contribution < 1.29 is 8.42 Å². The van der Waals surface area contributed by atoms with Crippen LogP contribution in [-0.4, -0.2) is 19.2 Å². The standard InChI is InChI=1S/C11H16N2O2S2/c1-3-6-17(14,15)13-10-7-9(11(12)16)5-4-8(10)2/h4-5,7,13H,3,6H2,1-2H3,(H2,12,16). The van der Waals surface area contributed by atoms with Crippen LogP contribution >= 0.6 is 12.2 Å². The van der Waals surface area contributed by atoms with Crippen LogP contribution in [0.25, 0.3) is 0 Å². The summed E-state index contributed by atoms with van der Waals surface area (Å²) < 4.78 is 25.9. The lowest BCUT2D eigenvalue weighted by Crippen LogP contribution is -2.17. The number of hydrogen-bond donors (Lipinski definition) is 2. The molecule has 0 atom stereocenters. The number of thiocarbonyl (C=S) groups is 1. The quantitative estimate of drug-likeness (QED) is 0.801. The number of nitrogens with two attached hydrogens (primary N) is 1. The summed E-state index contributed by atoms with van der Waals surface area (Å²) in [5.41, 5.74) is 7.53. The maximum atomic E-state index is 11.7. The van der Waals surface area contributed by atoms with Crippen LogP contribution in [-0.2, 0) is 10.0 Å². The highest BCUT2D eigenvalue weighted by Gasteiger charge is 2.11. The second-order valence-corrected chi connectivity index (χ2v) is 6.10. The molecule has 1 aromatic carbocycles. The van der Waals surface area contributed by atoms with E-state index in [1.54, 1.807) is 18.2 Å². The van der Waals surface area contributed by atoms with Crippen molar-refractivity contribution in [3.63, 3.8) is 0 Å². The smallest absolute Gasteiger partial charge is 0.232 e. The minimum absolute atomic E-state index is 0.101. The summed E-state index contributed by atoms with van der Waals surface area (Å²) in [5, 5.41) is 0. The molecular weight excluding hydrogens is 256 g/mol. The van der Waals surface area contributed by atoms with Crippen LogP contribution in [0.15, 0.2) is 18.2 Å². The Balaban J connectivity index is 3.06. The van der Waals surface area contributed by atoms with E-state index in [1.165, 1.54) is 0 Å². The molecule has 0 unspecified atom stereocenters. The third kappa shape index (κ3) is 3.98. The number of sulfonamides is 1. The molecule has 17 heavy (non-hydrogen) atoms. The highest BCUT2D eigenvalue weighted by Crippen LogP contribution is 2.18. The summed E-state index contributed by atoms with van der Waals surface area (Å²) in [5.74, 6) is 0.101. The molecule has 0 heterocycles. The highest BCUT2D eigenvalue weighted by atomic mass is 32.2. The van der Waals surface area contributed by atoms with Gasteiger partial charge in [0, 0.05) is 5.56 Å². The number of hydrogen-bond acceptors (Lipinski definition) is 3. The highest BCUT2D eigenvalue weighted by molar-refractivity contribution is 7.92. The maximum Gasteiger partial charge on any atom is 0.232 e. The molecule has 0 aromatic heterocycles. The molecule has 0 bridgehead atoms. The number of rotatable bonds is 5. The lowest BCUT2D eigenvalue weighted by atomic mass is 10.1. The number of aryl methyl sites for hydroxylation is 1. The first kappa shape index (κ1) is 13.9. The Hall–Kier alpha value is -1.14. The Labute approximate surface area is 107 Å². The number of nitrogens with one attached hydrogen (secondary N) is 1. The SMILES string of the molecule is CCCS(=O)(=O)Nc1cc(C(N)=S)ccc1C. The molecular formula is C11H16N2O2S2. The first-order valence-electron chi connectivity index (χ1n) is 5.26. The van der Waals surface area contributed by atoms with Gasteiger partial charge in [-0.3, -0.25) is 4.72 Å². The number of benzene rings is 1. The van der Waals surface area contributed by atoms with E-state index in [2.05, 4.69) is 4.72 Å². The van der Waals surface area contributed by atoms with Crippen LogP contribution in [0, 0.1) is 6.92 Å². The Morgan fingerprint density at radius 1 is 1.47 bits per heavy atom. The zero-order valence-electron chi connectivity index (χ0n) is 9.86. The Kier molecular flexibility index (Phi) is 4.47. The average molecular weight is 272 g/mol. The fourth-order valence-corrected chi connectivity index (χ4v) is 2.69. The second-order valence-electron chi connectivity index (χ2n) is 3.81. The van der Waals surface area contributed by atoms with Gasteiger partial charge in [-0.2, -0.15) is 0 Å². The van der Waals surface area contributed by atoms with Crippen molar-refractivity contribution in [3.8, 4) is 0 Å². The predicted octanol–water partition coefficient (Wildman–Crippen LogP) is 1.78. The van der Waals surface area contributed by atoms with Crippen molar-refractivity contribution in [2.75, 3.05) is 10.5 Å². The molecule has 1 rings (SSSR count). The molecule has 94 valence electrons. The predicted molar refractivity (Wildman–Crippen MR) is 74.8 cm³/mol. The molecule has 4 nitrogen and oxygen atoms in total. The molecule has 6 heteroatoms. The molecule has 1 aromatic rings. The molecule has 0 aliphatic rings. The zero-order chi connectivity index (χ0) is 13.1. The molecule has 0 aliphatic heterocycles. The van der Waals surface area contributed by atoms with E-state index < -0.39 is 10.0 Å². The first-order chi connectivity index (χ1) is 7.85. The minimum atomic E-state index is -3.28. The summed E-state index contributed by atoms with van der Waals surface area (Å²) in [6, 6.07) is 5.22. The Morgan fingerprint density at radius 2 is 2.12 bits per heavy atom. The molecule has 0 aliphatic carbocycles. The third-order valence-electron chi connectivity index (χ3n) is 2.26. The molecule has 0 amide bonds. The zero-order valence-corrected chi connectivity index (χ0v) is 11.5. The van der Waals surface area contributed by atoms with Gasteiger partial charge in [0.1, 0.15) is 4.99 Å². The van der Waals surface area contributed by atoms with E-state index in [9.17, 15) is 8.42 Å². The molecule has 3 N–H and O–H groups in total. The summed E-state index contributed by atoms with van der Waals surface area (Å²) in [6.45, 7) is 3.64. The lowest BCUT2D eigenvalue weighted by Gasteiger charge is -2.11. The van der Waals surface area contributed by atoms with Crippen molar-refractivity contribution in [1.29, 1.82) is 0 Å². The summed E-state index contributed by atoms with van der Waals surface area (Å²) in [6.07, 6.45) is 0.573. The summed E-state index contributed by atoms with van der Waals surface area (Å²) >= 11 is 4.86. The van der Waals surface area contributed by atoms with Gasteiger partial charge in [0.15, 0.2) is 0 Å². The van der Waals surface area contributed by atoms with Crippen LogP contribution in [0.1, 0.15) is 24.5 Å². The monoisotopic (exact) mass is 272 g/mol. The van der Waals surface area contributed by atoms with Crippen molar-refractivity contribution in [2.45, 2.75) is 20.3 Å². The Bertz CT molecular complexity index is 524. The van der Waals surface area contributed by atoms with Crippen LogP contribution < -0.4 is 10.5 Å². The average Bonchev–Trinajstić information content (AvgIpc) is 2.20. The largest absolute Gasteiger partial charge is 0.389 e. The number of anilines is 1. The van der Waals surface area contributed by atoms with Gasteiger partial charge in [-0.05, 0) is 25.0 Å². The van der Waals surface area contributed by atoms with E-state index in [0.29, 0.717) is 17.7 Å². The molecule has 0 spiro atoms. The fourth-order valence-electron chi connectivity index (χ4n) is 1.37. The lowest BCUT2D eigenvalue weighted by molar-refractivity contribution is 0.600. The van der Waals surface area contributed by atoms with Gasteiger partial charge in [0.05, 0.1) is 11.4 Å². The molecule has 0 fully saturated rings. The van der Waals surface area contributed by atoms with E-state index in [-0.39, 0.29) is 10.7 Å². The summed E-state index contributed by atoms with van der Waals surface area (Å²) in [4.78, 5) is 0.251. The van der Waals surface area contributed by atoms with Crippen LogP contribution in [0.2, 0.25) is 0 Å². The molecule has 0 radical (unpaired) electrons.